The van der Waals surface area contributed by atoms with Crippen molar-refractivity contribution in [1.29, 1.82) is 0 Å². The van der Waals surface area contributed by atoms with Crippen LogP contribution < -0.4 is 10.2 Å². The highest BCUT2D eigenvalue weighted by molar-refractivity contribution is 7.22. The zero-order valence-electron chi connectivity index (χ0n) is 15.1. The van der Waals surface area contributed by atoms with Crippen LogP contribution in [0.4, 0.5) is 16.5 Å². The highest BCUT2D eigenvalue weighted by Crippen LogP contribution is 2.36. The number of hydrogen-bond acceptors (Lipinski definition) is 4. The molecule has 0 spiro atoms. The lowest BCUT2D eigenvalue weighted by molar-refractivity contribution is 0.871. The second-order valence-corrected chi connectivity index (χ2v) is 7.21. The fourth-order valence-electron chi connectivity index (χ4n) is 3.29. The fourth-order valence-corrected chi connectivity index (χ4v) is 4.30. The molecule has 24 heavy (non-hydrogen) atoms. The quantitative estimate of drug-likeness (QED) is 0.635. The maximum atomic E-state index is 4.81. The van der Waals surface area contributed by atoms with Crippen molar-refractivity contribution in [2.24, 2.45) is 0 Å². The molecule has 126 valence electrons. The molecule has 2 aromatic carbocycles. The van der Waals surface area contributed by atoms with E-state index in [1.165, 1.54) is 32.8 Å². The molecular formula is C20H25N3S. The Kier molecular flexibility index (Phi) is 4.76. The number of nitrogens with one attached hydrogen (secondary N) is 1. The van der Waals surface area contributed by atoms with Crippen molar-refractivity contribution >= 4 is 38.1 Å². The maximum absolute atomic E-state index is 4.81. The Morgan fingerprint density at radius 1 is 1.04 bits per heavy atom. The number of anilines is 3. The molecule has 0 fully saturated rings. The highest BCUT2D eigenvalue weighted by Gasteiger charge is 2.13. The van der Waals surface area contributed by atoms with Crippen molar-refractivity contribution in [3.05, 3.63) is 47.0 Å². The van der Waals surface area contributed by atoms with Gasteiger partial charge < -0.3 is 10.2 Å². The van der Waals surface area contributed by atoms with Gasteiger partial charge in [0.15, 0.2) is 5.13 Å². The third-order valence-electron chi connectivity index (χ3n) is 4.41. The first-order chi connectivity index (χ1) is 11.5. The van der Waals surface area contributed by atoms with E-state index >= 15 is 0 Å². The van der Waals surface area contributed by atoms with Gasteiger partial charge in [0.05, 0.1) is 15.9 Å². The molecule has 3 aromatic rings. The molecule has 1 aromatic heterocycles. The van der Waals surface area contributed by atoms with Gasteiger partial charge in [-0.1, -0.05) is 35.1 Å². The van der Waals surface area contributed by atoms with Crippen molar-refractivity contribution in [3.8, 4) is 0 Å². The monoisotopic (exact) mass is 339 g/mol. The van der Waals surface area contributed by atoms with E-state index in [2.05, 4.69) is 75.2 Å². The van der Waals surface area contributed by atoms with E-state index in [-0.39, 0.29) is 0 Å². The Balaban J connectivity index is 2.02. The van der Waals surface area contributed by atoms with Gasteiger partial charge in [0, 0.05) is 18.8 Å². The lowest BCUT2D eigenvalue weighted by Crippen LogP contribution is -2.21. The summed E-state index contributed by atoms with van der Waals surface area (Å²) < 4.78 is 1.26. The number of hydrogen-bond donors (Lipinski definition) is 1. The Morgan fingerprint density at radius 2 is 1.71 bits per heavy atom. The van der Waals surface area contributed by atoms with Gasteiger partial charge in [0.2, 0.25) is 0 Å². The molecule has 0 aliphatic carbocycles. The predicted octanol–water partition coefficient (Wildman–Crippen LogP) is 5.81. The normalized spacial score (nSPS) is 11.0. The fraction of sp³-hybridized carbons (Fsp3) is 0.350. The third kappa shape index (κ3) is 3.11. The molecule has 0 atom stereocenters. The van der Waals surface area contributed by atoms with Gasteiger partial charge >= 0.3 is 0 Å². The molecule has 0 bridgehead atoms. The van der Waals surface area contributed by atoms with Crippen LogP contribution in [0.15, 0.2) is 30.3 Å². The standard InChI is InChI=1S/C20H25N3S/c1-6-23(7-2)17-10-8-9-16-19(17)24-20(21-16)22-18-14(4)11-13(3)12-15(18)5/h8-12H,6-7H2,1-5H3,(H,21,22). The average Bonchev–Trinajstić information content (AvgIpc) is 2.95. The van der Waals surface area contributed by atoms with Gasteiger partial charge in [-0.2, -0.15) is 0 Å². The molecule has 0 radical (unpaired) electrons. The van der Waals surface area contributed by atoms with E-state index in [9.17, 15) is 0 Å². The summed E-state index contributed by atoms with van der Waals surface area (Å²) in [6, 6.07) is 10.8. The minimum absolute atomic E-state index is 0.958. The summed E-state index contributed by atoms with van der Waals surface area (Å²) in [5.74, 6) is 0. The van der Waals surface area contributed by atoms with Gasteiger partial charge in [-0.3, -0.25) is 0 Å². The average molecular weight is 340 g/mol. The second-order valence-electron chi connectivity index (χ2n) is 6.22. The minimum Gasteiger partial charge on any atom is -0.371 e. The maximum Gasteiger partial charge on any atom is 0.188 e. The zero-order chi connectivity index (χ0) is 17.3. The Bertz CT molecular complexity index is 839. The zero-order valence-corrected chi connectivity index (χ0v) is 15.9. The molecule has 1 N–H and O–H groups in total. The summed E-state index contributed by atoms with van der Waals surface area (Å²) in [6.07, 6.45) is 0. The van der Waals surface area contributed by atoms with Crippen LogP contribution in [0.3, 0.4) is 0 Å². The largest absolute Gasteiger partial charge is 0.371 e. The molecule has 3 rings (SSSR count). The highest BCUT2D eigenvalue weighted by atomic mass is 32.1. The SMILES string of the molecule is CCN(CC)c1cccc2nc(Nc3c(C)cc(C)cc3C)sc12. The summed E-state index contributed by atoms with van der Waals surface area (Å²) in [5.41, 5.74) is 7.33. The Labute approximate surface area is 148 Å². The molecule has 0 saturated heterocycles. The Hall–Kier alpha value is -2.07. The molecule has 3 nitrogen and oxygen atoms in total. The van der Waals surface area contributed by atoms with Crippen LogP contribution in [0.1, 0.15) is 30.5 Å². The van der Waals surface area contributed by atoms with Crippen LogP contribution in [-0.2, 0) is 0 Å². The lowest BCUT2D eigenvalue weighted by Gasteiger charge is -2.21. The number of rotatable bonds is 5. The van der Waals surface area contributed by atoms with Crippen molar-refractivity contribution in [1.82, 2.24) is 4.98 Å². The lowest BCUT2D eigenvalue weighted by atomic mass is 10.1. The van der Waals surface area contributed by atoms with E-state index in [0.29, 0.717) is 0 Å². The van der Waals surface area contributed by atoms with Crippen LogP contribution in [0.25, 0.3) is 10.2 Å². The van der Waals surface area contributed by atoms with Gasteiger partial charge in [-0.05, 0) is 57.9 Å². The molecule has 4 heteroatoms. The topological polar surface area (TPSA) is 28.2 Å². The number of aryl methyl sites for hydroxylation is 3. The van der Waals surface area contributed by atoms with E-state index in [0.717, 1.165) is 23.7 Å². The number of benzene rings is 2. The number of fused-ring (bicyclic) bond motifs is 1. The molecule has 0 aliphatic heterocycles. The van der Waals surface area contributed by atoms with E-state index < -0.39 is 0 Å². The van der Waals surface area contributed by atoms with Gasteiger partial charge in [0.25, 0.3) is 0 Å². The predicted molar refractivity (Wildman–Crippen MR) is 107 cm³/mol. The molecule has 1 heterocycles. The van der Waals surface area contributed by atoms with Crippen molar-refractivity contribution < 1.29 is 0 Å². The third-order valence-corrected chi connectivity index (χ3v) is 5.42. The van der Waals surface area contributed by atoms with Crippen LogP contribution in [0.2, 0.25) is 0 Å². The van der Waals surface area contributed by atoms with E-state index in [1.54, 1.807) is 11.3 Å². The van der Waals surface area contributed by atoms with Crippen molar-refractivity contribution in [2.75, 3.05) is 23.3 Å². The number of nitrogens with zero attached hydrogens (tertiary/aromatic N) is 2. The summed E-state index contributed by atoms with van der Waals surface area (Å²) in [4.78, 5) is 7.19. The van der Waals surface area contributed by atoms with Crippen LogP contribution in [0, 0.1) is 20.8 Å². The minimum atomic E-state index is 0.958. The van der Waals surface area contributed by atoms with E-state index in [1.807, 2.05) is 0 Å². The first-order valence-electron chi connectivity index (χ1n) is 8.52. The smallest absolute Gasteiger partial charge is 0.188 e. The van der Waals surface area contributed by atoms with Crippen LogP contribution >= 0.6 is 11.3 Å². The van der Waals surface area contributed by atoms with Crippen LogP contribution in [-0.4, -0.2) is 18.1 Å². The number of thiazole rings is 1. The van der Waals surface area contributed by atoms with E-state index in [4.69, 9.17) is 4.98 Å². The molecule has 0 amide bonds. The summed E-state index contributed by atoms with van der Waals surface area (Å²) in [7, 11) is 0. The first kappa shape index (κ1) is 16.8. The van der Waals surface area contributed by atoms with Gasteiger partial charge in [-0.15, -0.1) is 0 Å². The van der Waals surface area contributed by atoms with Crippen molar-refractivity contribution in [3.63, 3.8) is 0 Å². The summed E-state index contributed by atoms with van der Waals surface area (Å²) >= 11 is 1.74. The van der Waals surface area contributed by atoms with Gasteiger partial charge in [-0.25, -0.2) is 4.98 Å². The molecule has 0 aliphatic rings. The van der Waals surface area contributed by atoms with Crippen molar-refractivity contribution in [2.45, 2.75) is 34.6 Å². The summed E-state index contributed by atoms with van der Waals surface area (Å²) in [6.45, 7) is 12.8. The van der Waals surface area contributed by atoms with Crippen LogP contribution in [0.5, 0.6) is 0 Å². The Morgan fingerprint density at radius 3 is 2.33 bits per heavy atom. The number of aromatic nitrogens is 1. The molecule has 0 saturated carbocycles. The second kappa shape index (κ2) is 6.81. The molecule has 0 unspecified atom stereocenters. The first-order valence-corrected chi connectivity index (χ1v) is 9.34. The molecular weight excluding hydrogens is 314 g/mol. The van der Waals surface area contributed by atoms with Gasteiger partial charge in [0.1, 0.15) is 0 Å². The summed E-state index contributed by atoms with van der Waals surface area (Å²) in [5, 5.41) is 4.51.